The molecule has 0 saturated heterocycles. The van der Waals surface area contributed by atoms with Gasteiger partial charge in [0, 0.05) is 17.6 Å². The lowest BCUT2D eigenvalue weighted by Gasteiger charge is -1.99. The van der Waals surface area contributed by atoms with Gasteiger partial charge >= 0.3 is 5.97 Å². The van der Waals surface area contributed by atoms with Crippen LogP contribution in [0.25, 0.3) is 0 Å². The number of rotatable bonds is 3. The van der Waals surface area contributed by atoms with Crippen molar-refractivity contribution in [3.05, 3.63) is 35.1 Å². The van der Waals surface area contributed by atoms with Crippen molar-refractivity contribution in [2.45, 2.75) is 32.6 Å². The number of hydrogen-bond acceptors (Lipinski definition) is 2. The number of allylic oxidation sites excluding steroid dienone is 3. The van der Waals surface area contributed by atoms with Crippen molar-refractivity contribution in [2.75, 3.05) is 0 Å². The average molecular weight is 190 g/mol. The van der Waals surface area contributed by atoms with Crippen LogP contribution in [0.1, 0.15) is 32.6 Å². The lowest BCUT2D eigenvalue weighted by molar-refractivity contribution is -0.133. The van der Waals surface area contributed by atoms with E-state index < -0.39 is 0 Å². The number of carbonyl (C=O) groups is 1. The second-order valence-corrected chi connectivity index (χ2v) is 3.79. The van der Waals surface area contributed by atoms with E-state index in [1.54, 1.807) is 0 Å². The molecule has 0 aromatic carbocycles. The van der Waals surface area contributed by atoms with Gasteiger partial charge in [0.25, 0.3) is 0 Å². The Balaban J connectivity index is 2.24. The van der Waals surface area contributed by atoms with Gasteiger partial charge in [-0.05, 0) is 24.5 Å². The van der Waals surface area contributed by atoms with Gasteiger partial charge in [0.1, 0.15) is 5.76 Å². The Kier molecular flexibility index (Phi) is 2.28. The molecule has 2 nitrogen and oxygen atoms in total. The summed E-state index contributed by atoms with van der Waals surface area (Å²) in [5.74, 6) is 0.596. The predicted octanol–water partition coefficient (Wildman–Crippen LogP) is 2.87. The van der Waals surface area contributed by atoms with E-state index >= 15 is 0 Å². The number of ether oxygens (including phenoxy) is 1. The molecule has 0 spiro atoms. The Morgan fingerprint density at radius 2 is 2.36 bits per heavy atom. The van der Waals surface area contributed by atoms with Gasteiger partial charge in [0.05, 0.1) is 0 Å². The van der Waals surface area contributed by atoms with Crippen LogP contribution in [-0.4, -0.2) is 5.97 Å². The van der Waals surface area contributed by atoms with Crippen molar-refractivity contribution in [1.82, 2.24) is 0 Å². The first-order chi connectivity index (χ1) is 6.72. The molecule has 0 aromatic heterocycles. The van der Waals surface area contributed by atoms with Crippen LogP contribution in [0.2, 0.25) is 0 Å². The van der Waals surface area contributed by atoms with Gasteiger partial charge in [-0.15, -0.1) is 0 Å². The smallest absolute Gasteiger partial charge is 0.339 e. The summed E-state index contributed by atoms with van der Waals surface area (Å²) in [6.07, 6.45) is 5.65. The second-order valence-electron chi connectivity index (χ2n) is 3.79. The third-order valence-electron chi connectivity index (χ3n) is 2.63. The first-order valence-corrected chi connectivity index (χ1v) is 5.06. The molecule has 1 aliphatic heterocycles. The van der Waals surface area contributed by atoms with Gasteiger partial charge in [-0.3, -0.25) is 0 Å². The highest BCUT2D eigenvalue weighted by Gasteiger charge is 2.32. The molecule has 0 N–H and O–H groups in total. The normalized spacial score (nSPS) is 19.9. The first-order valence-electron chi connectivity index (χ1n) is 5.06. The Labute approximate surface area is 83.9 Å². The van der Waals surface area contributed by atoms with Crippen molar-refractivity contribution in [2.24, 2.45) is 0 Å². The molecule has 0 atom stereocenters. The highest BCUT2D eigenvalue weighted by Crippen LogP contribution is 2.38. The minimum Gasteiger partial charge on any atom is -0.423 e. The van der Waals surface area contributed by atoms with Gasteiger partial charge in [-0.2, -0.15) is 0 Å². The summed E-state index contributed by atoms with van der Waals surface area (Å²) >= 11 is 0. The van der Waals surface area contributed by atoms with E-state index in [1.165, 1.54) is 0 Å². The summed E-state index contributed by atoms with van der Waals surface area (Å²) in [5.41, 5.74) is 2.99. The lowest BCUT2D eigenvalue weighted by atomic mass is 10.0. The molecule has 2 rings (SSSR count). The largest absolute Gasteiger partial charge is 0.423 e. The molecule has 0 radical (unpaired) electrons. The van der Waals surface area contributed by atoms with E-state index in [4.69, 9.17) is 4.74 Å². The molecular weight excluding hydrogens is 176 g/mol. The van der Waals surface area contributed by atoms with Gasteiger partial charge in [-0.1, -0.05) is 19.9 Å². The third-order valence-corrected chi connectivity index (χ3v) is 2.63. The molecule has 0 saturated carbocycles. The maximum absolute atomic E-state index is 11.4. The molecule has 0 aromatic rings. The number of carbonyl (C=O) groups excluding carboxylic acids is 1. The van der Waals surface area contributed by atoms with Crippen LogP contribution in [-0.2, 0) is 9.53 Å². The molecule has 1 aliphatic carbocycles. The van der Waals surface area contributed by atoms with Crippen molar-refractivity contribution in [3.8, 4) is 0 Å². The molecule has 74 valence electrons. The molecule has 2 heteroatoms. The molecule has 2 aliphatic rings. The maximum Gasteiger partial charge on any atom is 0.339 e. The van der Waals surface area contributed by atoms with Crippen LogP contribution in [0.5, 0.6) is 0 Å². The zero-order valence-corrected chi connectivity index (χ0v) is 8.43. The van der Waals surface area contributed by atoms with E-state index in [0.29, 0.717) is 0 Å². The monoisotopic (exact) mass is 190 g/mol. The first kappa shape index (κ1) is 9.25. The highest BCUT2D eigenvalue weighted by atomic mass is 16.5. The van der Waals surface area contributed by atoms with E-state index in [2.05, 4.69) is 13.5 Å². The van der Waals surface area contributed by atoms with E-state index in [1.807, 2.05) is 6.08 Å². The highest BCUT2D eigenvalue weighted by molar-refractivity contribution is 5.95. The topological polar surface area (TPSA) is 26.3 Å². The lowest BCUT2D eigenvalue weighted by Crippen LogP contribution is -1.99. The van der Waals surface area contributed by atoms with Crippen LogP contribution in [0, 0.1) is 0 Å². The van der Waals surface area contributed by atoms with Crippen molar-refractivity contribution >= 4 is 5.97 Å². The van der Waals surface area contributed by atoms with Crippen LogP contribution >= 0.6 is 0 Å². The fraction of sp³-hybridized carbons (Fsp3) is 0.417. The number of esters is 1. The quantitative estimate of drug-likeness (QED) is 0.639. The number of fused-ring (bicyclic) bond motifs is 1. The zero-order chi connectivity index (χ0) is 10.1. The minimum atomic E-state index is -0.146. The Morgan fingerprint density at radius 3 is 3.07 bits per heavy atom. The molecule has 14 heavy (non-hydrogen) atoms. The maximum atomic E-state index is 11.4. The fourth-order valence-electron chi connectivity index (χ4n) is 1.88. The van der Waals surface area contributed by atoms with Gasteiger partial charge < -0.3 is 4.74 Å². The zero-order valence-electron chi connectivity index (χ0n) is 8.43. The predicted molar refractivity (Wildman–Crippen MR) is 54.5 cm³/mol. The summed E-state index contributed by atoms with van der Waals surface area (Å²) in [5, 5.41) is 0. The van der Waals surface area contributed by atoms with Crippen LogP contribution in [0.15, 0.2) is 35.1 Å². The molecule has 0 bridgehead atoms. The summed E-state index contributed by atoms with van der Waals surface area (Å²) < 4.78 is 5.15. The summed E-state index contributed by atoms with van der Waals surface area (Å²) in [4.78, 5) is 11.4. The molecule has 1 heterocycles. The SMILES string of the molecule is C=C1C=C2OC(=O)C(CCCC)=C2C1. The Morgan fingerprint density at radius 1 is 1.57 bits per heavy atom. The van der Waals surface area contributed by atoms with E-state index in [0.717, 1.165) is 48.2 Å². The van der Waals surface area contributed by atoms with E-state index in [-0.39, 0.29) is 5.97 Å². The second kappa shape index (κ2) is 3.45. The molecule has 0 fully saturated rings. The standard InChI is InChI=1S/C12H14O2/c1-3-4-5-9-10-6-8(2)7-11(10)14-12(9)13/h7H,2-6H2,1H3. The van der Waals surface area contributed by atoms with Crippen LogP contribution in [0.3, 0.4) is 0 Å². The fourth-order valence-corrected chi connectivity index (χ4v) is 1.88. The Bertz CT molecular complexity index is 359. The number of unbranched alkanes of at least 4 members (excludes halogenated alkanes) is 1. The van der Waals surface area contributed by atoms with Crippen LogP contribution < -0.4 is 0 Å². The van der Waals surface area contributed by atoms with Gasteiger partial charge in [0.15, 0.2) is 0 Å². The minimum absolute atomic E-state index is 0.146. The molecular formula is C12H14O2. The van der Waals surface area contributed by atoms with Gasteiger partial charge in [0.2, 0.25) is 0 Å². The van der Waals surface area contributed by atoms with Crippen molar-refractivity contribution in [1.29, 1.82) is 0 Å². The summed E-state index contributed by atoms with van der Waals surface area (Å²) in [7, 11) is 0. The summed E-state index contributed by atoms with van der Waals surface area (Å²) in [6.45, 7) is 6.00. The van der Waals surface area contributed by atoms with Crippen molar-refractivity contribution in [3.63, 3.8) is 0 Å². The van der Waals surface area contributed by atoms with E-state index in [9.17, 15) is 4.79 Å². The third kappa shape index (κ3) is 1.41. The molecule has 0 amide bonds. The average Bonchev–Trinajstić information content (AvgIpc) is 2.58. The van der Waals surface area contributed by atoms with Gasteiger partial charge in [-0.25, -0.2) is 4.79 Å². The number of hydrogen-bond donors (Lipinski definition) is 0. The summed E-state index contributed by atoms with van der Waals surface area (Å²) in [6, 6.07) is 0. The Hall–Kier alpha value is -1.31. The van der Waals surface area contributed by atoms with Crippen LogP contribution in [0.4, 0.5) is 0 Å². The van der Waals surface area contributed by atoms with Crippen molar-refractivity contribution < 1.29 is 9.53 Å². The molecule has 0 unspecified atom stereocenters.